The quantitative estimate of drug-likeness (QED) is 0.256. The molecular weight excluding hydrogens is 820 g/mol. The standard InChI is InChI=1S/C43H56F3N5O9S/c1-24(2)22-59-39(55)48-31-13-11-9-7-8-10-12-26-19-42(26,38(54)50-61(56,57)40(5)16-17-40)49-36(52)32-21-41(23-51(32)37(31)53)20-29(25(3)4)33-28-18-27(58-6)14-15-30(28)47-35(34(33)60-41)43(44,45)46/h10,12,14-15,18,24-26,29,31-32H,7-9,11,13,16-17,19-23H2,1-6H3,(H,48,55)(H,49,52)(H,50,54). The third-order valence-corrected chi connectivity index (χ3v) is 15.2. The summed E-state index contributed by atoms with van der Waals surface area (Å²) in [7, 11) is -2.66. The van der Waals surface area contributed by atoms with Crippen molar-refractivity contribution in [2.75, 3.05) is 20.3 Å². The fraction of sp³-hybridized carbons (Fsp3) is 0.651. The van der Waals surface area contributed by atoms with E-state index in [2.05, 4.69) is 20.3 Å². The molecular formula is C43H56F3N5O9S. The number of methoxy groups -OCH3 is 1. The summed E-state index contributed by atoms with van der Waals surface area (Å²) in [5.74, 6) is -3.88. The number of nitrogens with one attached hydrogen (secondary N) is 3. The van der Waals surface area contributed by atoms with Gasteiger partial charge in [0.15, 0.2) is 11.4 Å². The van der Waals surface area contributed by atoms with Crippen LogP contribution < -0.4 is 24.8 Å². The van der Waals surface area contributed by atoms with E-state index in [4.69, 9.17) is 14.2 Å². The van der Waals surface area contributed by atoms with E-state index in [1.807, 2.05) is 33.8 Å². The van der Waals surface area contributed by atoms with Crippen LogP contribution in [0.25, 0.3) is 10.9 Å². The second kappa shape index (κ2) is 16.3. The molecule has 4 heterocycles. The number of benzene rings is 1. The second-order valence-electron chi connectivity index (χ2n) is 18.5. The smallest absolute Gasteiger partial charge is 0.437 e. The molecule has 61 heavy (non-hydrogen) atoms. The first-order chi connectivity index (χ1) is 28.6. The molecule has 2 aliphatic carbocycles. The summed E-state index contributed by atoms with van der Waals surface area (Å²) in [4.78, 5) is 62.1. The molecule has 3 N–H and O–H groups in total. The van der Waals surface area contributed by atoms with Crippen LogP contribution in [0, 0.1) is 17.8 Å². The molecule has 1 aromatic carbocycles. The highest BCUT2D eigenvalue weighted by Gasteiger charge is 2.64. The van der Waals surface area contributed by atoms with Gasteiger partial charge in [-0.3, -0.25) is 19.1 Å². The Labute approximate surface area is 354 Å². The van der Waals surface area contributed by atoms with E-state index >= 15 is 13.2 Å². The number of nitrogens with zero attached hydrogens (tertiary/aromatic N) is 2. The van der Waals surface area contributed by atoms with Crippen molar-refractivity contribution in [3.05, 3.63) is 41.6 Å². The second-order valence-corrected chi connectivity index (χ2v) is 20.7. The van der Waals surface area contributed by atoms with Crippen LogP contribution in [0.15, 0.2) is 30.4 Å². The van der Waals surface area contributed by atoms with E-state index in [9.17, 15) is 27.6 Å². The van der Waals surface area contributed by atoms with Crippen LogP contribution in [0.2, 0.25) is 0 Å². The van der Waals surface area contributed by atoms with Crippen molar-refractivity contribution in [2.24, 2.45) is 17.8 Å². The van der Waals surface area contributed by atoms with Gasteiger partial charge in [-0.1, -0.05) is 52.7 Å². The van der Waals surface area contributed by atoms with Crippen molar-refractivity contribution in [1.29, 1.82) is 0 Å². The van der Waals surface area contributed by atoms with Gasteiger partial charge in [-0.25, -0.2) is 18.2 Å². The fourth-order valence-electron chi connectivity index (χ4n) is 9.00. The third kappa shape index (κ3) is 8.74. The fourth-order valence-corrected chi connectivity index (χ4v) is 10.3. The van der Waals surface area contributed by atoms with Gasteiger partial charge < -0.3 is 29.7 Å². The molecule has 5 aliphatic rings. The monoisotopic (exact) mass is 875 g/mol. The van der Waals surface area contributed by atoms with Crippen molar-refractivity contribution >= 4 is 44.7 Å². The van der Waals surface area contributed by atoms with Crippen molar-refractivity contribution < 1.29 is 55.0 Å². The lowest BCUT2D eigenvalue weighted by Gasteiger charge is -2.42. The average molecular weight is 876 g/mol. The number of alkyl halides is 3. The summed E-state index contributed by atoms with van der Waals surface area (Å²) < 4.78 is 90.2. The molecule has 6 unspecified atom stereocenters. The number of fused-ring (bicyclic) bond motifs is 5. The van der Waals surface area contributed by atoms with Gasteiger partial charge in [-0.15, -0.1) is 0 Å². The molecule has 14 nitrogen and oxygen atoms in total. The Morgan fingerprint density at radius 3 is 2.48 bits per heavy atom. The van der Waals surface area contributed by atoms with Gasteiger partial charge in [-0.2, -0.15) is 13.2 Å². The number of carbonyl (C=O) groups excluding carboxylic acids is 4. The van der Waals surface area contributed by atoms with E-state index in [1.54, 1.807) is 12.1 Å². The van der Waals surface area contributed by atoms with Crippen molar-refractivity contribution in [3.8, 4) is 11.5 Å². The zero-order valence-electron chi connectivity index (χ0n) is 35.4. The number of rotatable bonds is 8. The van der Waals surface area contributed by atoms with Crippen molar-refractivity contribution in [2.45, 2.75) is 139 Å². The summed E-state index contributed by atoms with van der Waals surface area (Å²) in [6.45, 7) is 8.74. The molecule has 4 amide bonds. The average Bonchev–Trinajstić information content (AvgIpc) is 4.08. The van der Waals surface area contributed by atoms with Crippen LogP contribution in [0.1, 0.15) is 116 Å². The number of carbonyl (C=O) groups is 4. The number of ether oxygens (including phenoxy) is 3. The predicted octanol–water partition coefficient (Wildman–Crippen LogP) is 6.27. The number of pyridine rings is 1. The lowest BCUT2D eigenvalue weighted by Crippen LogP contribution is -2.58. The number of aromatic nitrogens is 1. The number of sulfonamides is 1. The lowest BCUT2D eigenvalue weighted by atomic mass is 9.74. The summed E-state index contributed by atoms with van der Waals surface area (Å²) in [5, 5.41) is 5.92. The molecule has 0 bridgehead atoms. The molecule has 1 spiro atoms. The SMILES string of the molecule is COc1ccc2nc(C(F)(F)F)c3c(c2c1)C(C(C)C)CC1(CC2C(=O)NC4(C(=O)NS(=O)(=O)C5(C)CC5)CC4C=CCCCCCC(NC(=O)OCC(C)C)C(=O)N2C1)O3. The minimum Gasteiger partial charge on any atom is -0.497 e. The number of hydrogen-bond acceptors (Lipinski definition) is 10. The van der Waals surface area contributed by atoms with E-state index in [-0.39, 0.29) is 56.2 Å². The van der Waals surface area contributed by atoms with Gasteiger partial charge in [0.25, 0.3) is 5.91 Å². The van der Waals surface area contributed by atoms with Gasteiger partial charge >= 0.3 is 12.3 Å². The molecule has 334 valence electrons. The van der Waals surface area contributed by atoms with Crippen LogP contribution in [0.4, 0.5) is 18.0 Å². The molecule has 3 aliphatic heterocycles. The number of halogens is 3. The summed E-state index contributed by atoms with van der Waals surface area (Å²) in [5.41, 5.74) is -4.10. The Balaban J connectivity index is 1.31. The molecule has 1 aromatic heterocycles. The maximum Gasteiger partial charge on any atom is 0.437 e. The van der Waals surface area contributed by atoms with E-state index in [1.165, 1.54) is 31.1 Å². The molecule has 1 saturated heterocycles. The van der Waals surface area contributed by atoms with Gasteiger partial charge in [0.2, 0.25) is 21.8 Å². The first kappa shape index (κ1) is 44.4. The molecule has 7 rings (SSSR count). The summed E-state index contributed by atoms with van der Waals surface area (Å²) >= 11 is 0. The zero-order chi connectivity index (χ0) is 44.3. The van der Waals surface area contributed by atoms with E-state index < -0.39 is 91.3 Å². The molecule has 18 heteroatoms. The van der Waals surface area contributed by atoms with Gasteiger partial charge in [-0.05, 0) is 87.8 Å². The van der Waals surface area contributed by atoms with Gasteiger partial charge in [0.05, 0.1) is 30.5 Å². The van der Waals surface area contributed by atoms with Crippen molar-refractivity contribution in [1.82, 2.24) is 25.2 Å². The maximum atomic E-state index is 15.1. The molecule has 3 fully saturated rings. The molecule has 6 atom stereocenters. The van der Waals surface area contributed by atoms with E-state index in [0.717, 1.165) is 0 Å². The summed E-state index contributed by atoms with van der Waals surface area (Å²) in [6.07, 6.45) is 1.20. The largest absolute Gasteiger partial charge is 0.497 e. The Kier molecular flexibility index (Phi) is 11.8. The van der Waals surface area contributed by atoms with Gasteiger partial charge in [0, 0.05) is 23.3 Å². The minimum absolute atomic E-state index is 0.00126. The molecule has 2 aromatic rings. The summed E-state index contributed by atoms with van der Waals surface area (Å²) in [6, 6.07) is 2.03. The normalized spacial score (nSPS) is 28.8. The number of alkyl carbamates (subject to hydrolysis) is 1. The van der Waals surface area contributed by atoms with Crippen LogP contribution in [0.5, 0.6) is 11.5 Å². The van der Waals surface area contributed by atoms with Crippen LogP contribution in [0.3, 0.4) is 0 Å². The minimum atomic E-state index is -4.95. The first-order valence-corrected chi connectivity index (χ1v) is 22.7. The Hall–Kier alpha value is -4.61. The van der Waals surface area contributed by atoms with Crippen LogP contribution >= 0.6 is 0 Å². The molecule has 2 saturated carbocycles. The maximum absolute atomic E-state index is 15.1. The Bertz CT molecular complexity index is 2230. The number of hydrogen-bond donors (Lipinski definition) is 3. The highest BCUT2D eigenvalue weighted by Crippen LogP contribution is 2.55. The lowest BCUT2D eigenvalue weighted by molar-refractivity contribution is -0.144. The number of amides is 4. The Morgan fingerprint density at radius 2 is 1.82 bits per heavy atom. The highest BCUT2D eigenvalue weighted by molar-refractivity contribution is 7.91. The predicted molar refractivity (Wildman–Crippen MR) is 218 cm³/mol. The third-order valence-electron chi connectivity index (χ3n) is 13.0. The van der Waals surface area contributed by atoms with E-state index in [0.29, 0.717) is 55.2 Å². The topological polar surface area (TPSA) is 182 Å². The van der Waals surface area contributed by atoms with Crippen LogP contribution in [-0.4, -0.2) is 90.3 Å². The van der Waals surface area contributed by atoms with Crippen LogP contribution in [-0.2, 0) is 35.3 Å². The van der Waals surface area contributed by atoms with Gasteiger partial charge in [0.1, 0.15) is 29.0 Å². The Morgan fingerprint density at radius 1 is 1.08 bits per heavy atom. The zero-order valence-corrected chi connectivity index (χ0v) is 36.3. The highest BCUT2D eigenvalue weighted by atomic mass is 32.2. The number of allylic oxidation sites excluding steroid dienone is 1. The first-order valence-electron chi connectivity index (χ1n) is 21.2. The van der Waals surface area contributed by atoms with Crippen molar-refractivity contribution in [3.63, 3.8) is 0 Å². The molecule has 0 radical (unpaired) electrons.